The molecular weight excluding hydrogens is 212 g/mol. The summed E-state index contributed by atoms with van der Waals surface area (Å²) in [7, 11) is 1.58. The summed E-state index contributed by atoms with van der Waals surface area (Å²) in [5.41, 5.74) is 1.80. The normalized spacial score (nSPS) is 12.7. The first-order valence-corrected chi connectivity index (χ1v) is 5.09. The van der Waals surface area contributed by atoms with Crippen LogP contribution < -0.4 is 5.32 Å². The molecule has 78 valence electrons. The van der Waals surface area contributed by atoms with E-state index in [1.165, 1.54) is 0 Å². The number of aromatic nitrogens is 1. The lowest BCUT2D eigenvalue weighted by atomic mass is 10.1. The van der Waals surface area contributed by atoms with Gasteiger partial charge in [0.25, 0.3) is 0 Å². The fourth-order valence-corrected chi connectivity index (χ4v) is 1.86. The van der Waals surface area contributed by atoms with Crippen molar-refractivity contribution in [3.8, 4) is 0 Å². The molecular formula is C11H11ClN2O. The molecule has 1 aromatic carbocycles. The number of H-pyrrole nitrogens is 1. The van der Waals surface area contributed by atoms with Crippen LogP contribution in [0.15, 0.2) is 30.5 Å². The Morgan fingerprint density at radius 3 is 2.93 bits per heavy atom. The van der Waals surface area contributed by atoms with Gasteiger partial charge in [-0.25, -0.2) is 0 Å². The molecule has 2 rings (SSSR count). The monoisotopic (exact) mass is 222 g/mol. The minimum Gasteiger partial charge on any atom is -0.361 e. The molecule has 0 fully saturated rings. The minimum atomic E-state index is -0.647. The number of halogens is 1. The summed E-state index contributed by atoms with van der Waals surface area (Å²) in [5, 5.41) is 2.87. The Labute approximate surface area is 92.4 Å². The molecule has 0 saturated carbocycles. The largest absolute Gasteiger partial charge is 0.361 e. The van der Waals surface area contributed by atoms with E-state index in [2.05, 4.69) is 10.3 Å². The maximum absolute atomic E-state index is 11.4. The van der Waals surface area contributed by atoms with Crippen LogP contribution in [0.2, 0.25) is 0 Å². The minimum absolute atomic E-state index is 0.193. The van der Waals surface area contributed by atoms with Gasteiger partial charge in [0.2, 0.25) is 5.91 Å². The smallest absolute Gasteiger partial charge is 0.242 e. The molecule has 2 aromatic rings. The quantitative estimate of drug-likeness (QED) is 0.752. The highest BCUT2D eigenvalue weighted by Gasteiger charge is 2.19. The van der Waals surface area contributed by atoms with Gasteiger partial charge in [-0.3, -0.25) is 4.79 Å². The van der Waals surface area contributed by atoms with Crippen LogP contribution >= 0.6 is 11.6 Å². The van der Waals surface area contributed by atoms with E-state index in [0.717, 1.165) is 16.5 Å². The Morgan fingerprint density at radius 2 is 2.20 bits per heavy atom. The number of hydrogen-bond donors (Lipinski definition) is 2. The van der Waals surface area contributed by atoms with Crippen molar-refractivity contribution < 1.29 is 4.79 Å². The van der Waals surface area contributed by atoms with Gasteiger partial charge in [0, 0.05) is 29.7 Å². The summed E-state index contributed by atoms with van der Waals surface area (Å²) >= 11 is 6.05. The van der Waals surface area contributed by atoms with E-state index < -0.39 is 5.38 Å². The van der Waals surface area contributed by atoms with Crippen molar-refractivity contribution in [1.82, 2.24) is 10.3 Å². The SMILES string of the molecule is CNC(=O)C(Cl)c1c[nH]c2ccccc12. The zero-order chi connectivity index (χ0) is 10.8. The van der Waals surface area contributed by atoms with Gasteiger partial charge in [0.1, 0.15) is 5.38 Å². The molecule has 15 heavy (non-hydrogen) atoms. The average molecular weight is 223 g/mol. The number of rotatable bonds is 2. The van der Waals surface area contributed by atoms with Crippen LogP contribution in [-0.4, -0.2) is 17.9 Å². The molecule has 1 aromatic heterocycles. The van der Waals surface area contributed by atoms with Gasteiger partial charge in [0.05, 0.1) is 0 Å². The number of aromatic amines is 1. The van der Waals surface area contributed by atoms with E-state index in [4.69, 9.17) is 11.6 Å². The van der Waals surface area contributed by atoms with Crippen LogP contribution in [0, 0.1) is 0 Å². The van der Waals surface area contributed by atoms with E-state index in [1.807, 2.05) is 24.3 Å². The molecule has 1 amide bonds. The first-order valence-electron chi connectivity index (χ1n) is 4.65. The molecule has 2 N–H and O–H groups in total. The average Bonchev–Trinajstić information content (AvgIpc) is 2.70. The van der Waals surface area contributed by atoms with E-state index in [1.54, 1.807) is 13.2 Å². The molecule has 0 aliphatic rings. The molecule has 3 nitrogen and oxygen atoms in total. The Kier molecular flexibility index (Phi) is 2.64. The fourth-order valence-electron chi connectivity index (χ4n) is 1.57. The summed E-state index contributed by atoms with van der Waals surface area (Å²) in [4.78, 5) is 14.5. The fraction of sp³-hybridized carbons (Fsp3) is 0.182. The maximum atomic E-state index is 11.4. The Bertz CT molecular complexity index is 492. The van der Waals surface area contributed by atoms with Crippen molar-refractivity contribution >= 4 is 28.4 Å². The summed E-state index contributed by atoms with van der Waals surface area (Å²) in [6.07, 6.45) is 1.78. The molecule has 0 radical (unpaired) electrons. The van der Waals surface area contributed by atoms with Gasteiger partial charge in [-0.1, -0.05) is 18.2 Å². The Morgan fingerprint density at radius 1 is 1.47 bits per heavy atom. The van der Waals surface area contributed by atoms with Crippen molar-refractivity contribution in [3.05, 3.63) is 36.0 Å². The van der Waals surface area contributed by atoms with Crippen molar-refractivity contribution in [2.45, 2.75) is 5.38 Å². The van der Waals surface area contributed by atoms with Crippen molar-refractivity contribution in [3.63, 3.8) is 0 Å². The standard InChI is InChI=1S/C11H11ClN2O/c1-13-11(15)10(12)8-6-14-9-5-3-2-4-7(8)9/h2-6,10,14H,1H3,(H,13,15). The lowest BCUT2D eigenvalue weighted by Crippen LogP contribution is -2.22. The van der Waals surface area contributed by atoms with E-state index in [9.17, 15) is 4.79 Å². The van der Waals surface area contributed by atoms with E-state index in [-0.39, 0.29) is 5.91 Å². The number of carbonyl (C=O) groups is 1. The van der Waals surface area contributed by atoms with Crippen LogP contribution in [0.5, 0.6) is 0 Å². The summed E-state index contributed by atoms with van der Waals surface area (Å²) in [6, 6.07) is 7.75. The Hall–Kier alpha value is -1.48. The van der Waals surface area contributed by atoms with E-state index in [0.29, 0.717) is 0 Å². The molecule has 0 spiro atoms. The van der Waals surface area contributed by atoms with Gasteiger partial charge in [-0.2, -0.15) is 0 Å². The summed E-state index contributed by atoms with van der Waals surface area (Å²) in [5.74, 6) is -0.193. The molecule has 0 aliphatic carbocycles. The van der Waals surface area contributed by atoms with Gasteiger partial charge in [0.15, 0.2) is 0 Å². The summed E-state index contributed by atoms with van der Waals surface area (Å²) in [6.45, 7) is 0. The topological polar surface area (TPSA) is 44.9 Å². The molecule has 0 bridgehead atoms. The number of nitrogens with one attached hydrogen (secondary N) is 2. The zero-order valence-corrected chi connectivity index (χ0v) is 9.01. The number of para-hydroxylation sites is 1. The predicted molar refractivity (Wildman–Crippen MR) is 61.0 cm³/mol. The summed E-state index contributed by atoms with van der Waals surface area (Å²) < 4.78 is 0. The highest BCUT2D eigenvalue weighted by molar-refractivity contribution is 6.31. The Balaban J connectivity index is 2.48. The highest BCUT2D eigenvalue weighted by Crippen LogP contribution is 2.28. The number of carbonyl (C=O) groups excluding carboxylic acids is 1. The number of alkyl halides is 1. The number of hydrogen-bond acceptors (Lipinski definition) is 1. The molecule has 4 heteroatoms. The molecule has 1 atom stereocenters. The first-order chi connectivity index (χ1) is 7.24. The number of amides is 1. The first kappa shape index (κ1) is 10.1. The van der Waals surface area contributed by atoms with Gasteiger partial charge < -0.3 is 10.3 Å². The van der Waals surface area contributed by atoms with Gasteiger partial charge in [-0.15, -0.1) is 11.6 Å². The molecule has 0 saturated heterocycles. The second-order valence-corrected chi connectivity index (χ2v) is 3.70. The van der Waals surface area contributed by atoms with Gasteiger partial charge in [-0.05, 0) is 6.07 Å². The third-order valence-corrected chi connectivity index (χ3v) is 2.80. The third kappa shape index (κ3) is 1.70. The molecule has 1 unspecified atom stereocenters. The number of likely N-dealkylation sites (N-methyl/N-ethyl adjacent to an activating group) is 1. The van der Waals surface area contributed by atoms with Crippen LogP contribution in [0.4, 0.5) is 0 Å². The molecule has 1 heterocycles. The number of fused-ring (bicyclic) bond motifs is 1. The van der Waals surface area contributed by atoms with Crippen LogP contribution in [0.25, 0.3) is 10.9 Å². The predicted octanol–water partition coefficient (Wildman–Crippen LogP) is 2.19. The van der Waals surface area contributed by atoms with Crippen molar-refractivity contribution in [2.75, 3.05) is 7.05 Å². The maximum Gasteiger partial charge on any atom is 0.242 e. The molecule has 0 aliphatic heterocycles. The zero-order valence-electron chi connectivity index (χ0n) is 8.25. The van der Waals surface area contributed by atoms with Crippen LogP contribution in [0.1, 0.15) is 10.9 Å². The van der Waals surface area contributed by atoms with Crippen molar-refractivity contribution in [1.29, 1.82) is 0 Å². The lowest BCUT2D eigenvalue weighted by Gasteiger charge is -2.06. The second-order valence-electron chi connectivity index (χ2n) is 3.27. The van der Waals surface area contributed by atoms with Gasteiger partial charge >= 0.3 is 0 Å². The third-order valence-electron chi connectivity index (χ3n) is 2.37. The highest BCUT2D eigenvalue weighted by atomic mass is 35.5. The van der Waals surface area contributed by atoms with E-state index >= 15 is 0 Å². The lowest BCUT2D eigenvalue weighted by molar-refractivity contribution is -0.120. The second kappa shape index (κ2) is 3.95. The number of benzene rings is 1. The van der Waals surface area contributed by atoms with Crippen LogP contribution in [-0.2, 0) is 4.79 Å². The van der Waals surface area contributed by atoms with Crippen LogP contribution in [0.3, 0.4) is 0 Å². The van der Waals surface area contributed by atoms with Crippen molar-refractivity contribution in [2.24, 2.45) is 0 Å².